The largest absolute Gasteiger partial charge is 0.398 e. The van der Waals surface area contributed by atoms with Gasteiger partial charge in [0.05, 0.1) is 4.90 Å². The predicted octanol–water partition coefficient (Wildman–Crippen LogP) is 1.34. The van der Waals surface area contributed by atoms with Crippen LogP contribution in [0.1, 0.15) is 24.8 Å². The molecule has 1 fully saturated rings. The van der Waals surface area contributed by atoms with E-state index in [1.54, 1.807) is 12.1 Å². The zero-order valence-corrected chi connectivity index (χ0v) is 12.7. The Balaban J connectivity index is 1.85. The normalized spacial score (nSPS) is 16.6. The van der Waals surface area contributed by atoms with Crippen LogP contribution in [0.15, 0.2) is 23.1 Å². The summed E-state index contributed by atoms with van der Waals surface area (Å²) in [6, 6.07) is 4.83. The Morgan fingerprint density at radius 2 is 2.00 bits per heavy atom. The van der Waals surface area contributed by atoms with E-state index in [9.17, 15) is 8.42 Å². The van der Waals surface area contributed by atoms with Crippen molar-refractivity contribution in [3.8, 4) is 0 Å². The minimum atomic E-state index is -3.44. The Bertz CT molecular complexity index is 552. The molecule has 0 unspecified atom stereocenters. The Kier molecular flexibility index (Phi) is 5.01. The fourth-order valence-corrected chi connectivity index (χ4v) is 3.49. The van der Waals surface area contributed by atoms with Crippen molar-refractivity contribution < 1.29 is 8.42 Å². The molecular weight excluding hydrogens is 274 g/mol. The summed E-state index contributed by atoms with van der Waals surface area (Å²) >= 11 is 0. The molecule has 1 aromatic rings. The molecule has 0 amide bonds. The van der Waals surface area contributed by atoms with Gasteiger partial charge in [-0.25, -0.2) is 13.1 Å². The minimum absolute atomic E-state index is 0.238. The Morgan fingerprint density at radius 1 is 1.30 bits per heavy atom. The number of hydrogen-bond acceptors (Lipinski definition) is 4. The lowest BCUT2D eigenvalue weighted by atomic mass is 10.2. The van der Waals surface area contributed by atoms with E-state index in [1.165, 1.54) is 18.9 Å². The standard InChI is InChI=1S/C14H23N3O2S/c1-12-5-6-13(11-14(12)15)20(18,19)16-7-4-10-17-8-2-3-9-17/h5-6,11,16H,2-4,7-10,15H2,1H3. The third kappa shape index (κ3) is 3.94. The van der Waals surface area contributed by atoms with Crippen molar-refractivity contribution in [3.05, 3.63) is 23.8 Å². The van der Waals surface area contributed by atoms with E-state index in [4.69, 9.17) is 5.73 Å². The maximum Gasteiger partial charge on any atom is 0.240 e. The molecule has 1 aliphatic heterocycles. The van der Waals surface area contributed by atoms with Gasteiger partial charge >= 0.3 is 0 Å². The molecule has 0 atom stereocenters. The van der Waals surface area contributed by atoms with Crippen LogP contribution in [0.2, 0.25) is 0 Å². The second-order valence-corrected chi connectivity index (χ2v) is 7.09. The second kappa shape index (κ2) is 6.56. The molecule has 1 heterocycles. The van der Waals surface area contributed by atoms with Crippen molar-refractivity contribution in [3.63, 3.8) is 0 Å². The lowest BCUT2D eigenvalue weighted by Gasteiger charge is -2.14. The number of anilines is 1. The molecule has 0 aliphatic carbocycles. The Labute approximate surface area is 121 Å². The molecule has 1 aliphatic rings. The first-order chi connectivity index (χ1) is 9.49. The minimum Gasteiger partial charge on any atom is -0.398 e. The Morgan fingerprint density at radius 3 is 2.65 bits per heavy atom. The number of rotatable bonds is 6. The first kappa shape index (κ1) is 15.3. The molecule has 0 bridgehead atoms. The second-order valence-electron chi connectivity index (χ2n) is 5.32. The number of nitrogens with zero attached hydrogens (tertiary/aromatic N) is 1. The van der Waals surface area contributed by atoms with Gasteiger partial charge < -0.3 is 10.6 Å². The summed E-state index contributed by atoms with van der Waals surface area (Å²) in [6.07, 6.45) is 3.35. The van der Waals surface area contributed by atoms with Crippen LogP contribution in [0.3, 0.4) is 0 Å². The number of sulfonamides is 1. The summed E-state index contributed by atoms with van der Waals surface area (Å²) in [4.78, 5) is 2.61. The fraction of sp³-hybridized carbons (Fsp3) is 0.571. The molecule has 1 saturated heterocycles. The quantitative estimate of drug-likeness (QED) is 0.614. The molecule has 0 spiro atoms. The van der Waals surface area contributed by atoms with Crippen LogP contribution in [0.5, 0.6) is 0 Å². The van der Waals surface area contributed by atoms with Gasteiger partial charge in [-0.3, -0.25) is 0 Å². The lowest BCUT2D eigenvalue weighted by molar-refractivity contribution is 0.334. The van der Waals surface area contributed by atoms with E-state index in [0.717, 1.165) is 31.6 Å². The van der Waals surface area contributed by atoms with Gasteiger partial charge in [-0.1, -0.05) is 6.07 Å². The van der Waals surface area contributed by atoms with Crippen molar-refractivity contribution >= 4 is 15.7 Å². The molecule has 0 saturated carbocycles. The Hall–Kier alpha value is -1.11. The van der Waals surface area contributed by atoms with Gasteiger partial charge in [0.2, 0.25) is 10.0 Å². The van der Waals surface area contributed by atoms with Crippen LogP contribution in [-0.4, -0.2) is 39.5 Å². The highest BCUT2D eigenvalue weighted by Crippen LogP contribution is 2.17. The van der Waals surface area contributed by atoms with Crippen LogP contribution in [0.4, 0.5) is 5.69 Å². The van der Waals surface area contributed by atoms with Crippen molar-refractivity contribution in [2.75, 3.05) is 31.9 Å². The molecule has 0 radical (unpaired) electrons. The average molecular weight is 297 g/mol. The first-order valence-corrected chi connectivity index (χ1v) is 8.55. The topological polar surface area (TPSA) is 75.4 Å². The highest BCUT2D eigenvalue weighted by Gasteiger charge is 2.15. The van der Waals surface area contributed by atoms with E-state index in [1.807, 2.05) is 6.92 Å². The highest BCUT2D eigenvalue weighted by molar-refractivity contribution is 7.89. The predicted molar refractivity (Wildman–Crippen MR) is 81.1 cm³/mol. The van der Waals surface area contributed by atoms with E-state index in [-0.39, 0.29) is 4.90 Å². The molecular formula is C14H23N3O2S. The fourth-order valence-electron chi connectivity index (χ4n) is 2.38. The van der Waals surface area contributed by atoms with Crippen molar-refractivity contribution in [2.45, 2.75) is 31.1 Å². The average Bonchev–Trinajstić information content (AvgIpc) is 2.91. The van der Waals surface area contributed by atoms with Gasteiger partial charge in [-0.2, -0.15) is 0 Å². The zero-order chi connectivity index (χ0) is 14.6. The molecule has 3 N–H and O–H groups in total. The number of aryl methyl sites for hydroxylation is 1. The van der Waals surface area contributed by atoms with Gasteiger partial charge in [-0.15, -0.1) is 0 Å². The number of nitrogens with one attached hydrogen (secondary N) is 1. The van der Waals surface area contributed by atoms with Crippen LogP contribution >= 0.6 is 0 Å². The number of likely N-dealkylation sites (tertiary alicyclic amines) is 1. The third-order valence-electron chi connectivity index (χ3n) is 3.70. The van der Waals surface area contributed by atoms with Crippen LogP contribution in [0.25, 0.3) is 0 Å². The summed E-state index contributed by atoms with van der Waals surface area (Å²) in [7, 11) is -3.44. The maximum atomic E-state index is 12.1. The molecule has 6 heteroatoms. The maximum absolute atomic E-state index is 12.1. The van der Waals surface area contributed by atoms with E-state index < -0.39 is 10.0 Å². The lowest BCUT2D eigenvalue weighted by Crippen LogP contribution is -2.28. The van der Waals surface area contributed by atoms with Crippen LogP contribution < -0.4 is 10.5 Å². The molecule has 1 aromatic carbocycles. The van der Waals surface area contributed by atoms with E-state index in [2.05, 4.69) is 9.62 Å². The summed E-state index contributed by atoms with van der Waals surface area (Å²) in [5.74, 6) is 0. The van der Waals surface area contributed by atoms with Crippen LogP contribution in [0, 0.1) is 6.92 Å². The summed E-state index contributed by atoms with van der Waals surface area (Å²) in [5.41, 5.74) is 7.15. The molecule has 20 heavy (non-hydrogen) atoms. The van der Waals surface area contributed by atoms with E-state index >= 15 is 0 Å². The number of nitrogen functional groups attached to an aromatic ring is 1. The van der Waals surface area contributed by atoms with Gasteiger partial charge in [0.25, 0.3) is 0 Å². The SMILES string of the molecule is Cc1ccc(S(=O)(=O)NCCCN2CCCC2)cc1N. The van der Waals surface area contributed by atoms with Gasteiger partial charge in [0, 0.05) is 12.2 Å². The molecule has 5 nitrogen and oxygen atoms in total. The molecule has 0 aromatic heterocycles. The van der Waals surface area contributed by atoms with Crippen molar-refractivity contribution in [1.29, 1.82) is 0 Å². The molecule has 112 valence electrons. The van der Waals surface area contributed by atoms with Gasteiger partial charge in [0.15, 0.2) is 0 Å². The number of hydrogen-bond donors (Lipinski definition) is 2. The van der Waals surface area contributed by atoms with Crippen LogP contribution in [-0.2, 0) is 10.0 Å². The van der Waals surface area contributed by atoms with Crippen molar-refractivity contribution in [2.24, 2.45) is 0 Å². The number of benzene rings is 1. The zero-order valence-electron chi connectivity index (χ0n) is 11.9. The highest BCUT2D eigenvalue weighted by atomic mass is 32.2. The van der Waals surface area contributed by atoms with Gasteiger partial charge in [-0.05, 0) is 63.5 Å². The summed E-state index contributed by atoms with van der Waals surface area (Å²) in [5, 5.41) is 0. The van der Waals surface area contributed by atoms with E-state index in [0.29, 0.717) is 12.2 Å². The summed E-state index contributed by atoms with van der Waals surface area (Å²) in [6.45, 7) is 5.56. The number of nitrogens with two attached hydrogens (primary N) is 1. The third-order valence-corrected chi connectivity index (χ3v) is 5.16. The smallest absolute Gasteiger partial charge is 0.240 e. The monoisotopic (exact) mass is 297 g/mol. The summed E-state index contributed by atoms with van der Waals surface area (Å²) < 4.78 is 26.9. The first-order valence-electron chi connectivity index (χ1n) is 7.07. The molecule has 2 rings (SSSR count). The van der Waals surface area contributed by atoms with Crippen molar-refractivity contribution in [1.82, 2.24) is 9.62 Å². The van der Waals surface area contributed by atoms with Gasteiger partial charge in [0.1, 0.15) is 0 Å².